The molecule has 2 rings (SSSR count). The van der Waals surface area contributed by atoms with Crippen LogP contribution in [-0.4, -0.2) is 36.0 Å². The number of anilines is 1. The van der Waals surface area contributed by atoms with Crippen LogP contribution in [0.15, 0.2) is 24.3 Å². The number of imide groups is 1. The van der Waals surface area contributed by atoms with Gasteiger partial charge in [0.05, 0.1) is 12.1 Å². The number of hydrogen-bond donors (Lipinski definition) is 4. The largest absolute Gasteiger partial charge is 0.375 e. The van der Waals surface area contributed by atoms with Crippen LogP contribution >= 0.6 is 0 Å². The number of para-hydroxylation sites is 1. The molecule has 7 heteroatoms. The highest BCUT2D eigenvalue weighted by Gasteiger charge is 2.19. The number of carbonyl (C=O) groups is 3. The molecule has 4 N–H and O–H groups in total. The Morgan fingerprint density at radius 2 is 1.73 bits per heavy atom. The van der Waals surface area contributed by atoms with E-state index in [1.165, 1.54) is 0 Å². The average Bonchev–Trinajstić information content (AvgIpc) is 3.04. The maximum atomic E-state index is 12.4. The Morgan fingerprint density at radius 1 is 1.08 bits per heavy atom. The Labute approximate surface area is 154 Å². The molecule has 1 aliphatic carbocycles. The van der Waals surface area contributed by atoms with Gasteiger partial charge in [-0.2, -0.15) is 0 Å². The highest BCUT2D eigenvalue weighted by molar-refractivity contribution is 6.01. The first-order chi connectivity index (χ1) is 12.2. The molecule has 4 amide bonds. The van der Waals surface area contributed by atoms with Crippen LogP contribution in [0.3, 0.4) is 0 Å². The quantitative estimate of drug-likeness (QED) is 0.648. The Bertz CT molecular complexity index is 661. The van der Waals surface area contributed by atoms with Crippen LogP contribution in [0, 0.1) is 0 Å². The van der Waals surface area contributed by atoms with E-state index in [0.717, 1.165) is 25.7 Å². The second-order valence-corrected chi connectivity index (χ2v) is 7.61. The zero-order valence-electron chi connectivity index (χ0n) is 15.6. The molecular formula is C19H28N4O3. The van der Waals surface area contributed by atoms with Gasteiger partial charge < -0.3 is 16.0 Å². The van der Waals surface area contributed by atoms with Gasteiger partial charge in [-0.05, 0) is 45.7 Å². The molecule has 26 heavy (non-hydrogen) atoms. The smallest absolute Gasteiger partial charge is 0.321 e. The third kappa shape index (κ3) is 6.38. The summed E-state index contributed by atoms with van der Waals surface area (Å²) in [5.41, 5.74) is 0.631. The summed E-state index contributed by atoms with van der Waals surface area (Å²) in [7, 11) is 0. The molecular weight excluding hydrogens is 332 g/mol. The molecule has 142 valence electrons. The second kappa shape index (κ2) is 8.69. The molecule has 0 aromatic heterocycles. The van der Waals surface area contributed by atoms with E-state index < -0.39 is 11.9 Å². The van der Waals surface area contributed by atoms with E-state index in [1.807, 2.05) is 20.8 Å². The molecule has 1 aliphatic rings. The number of rotatable bonds is 5. The molecule has 1 fully saturated rings. The Kier molecular flexibility index (Phi) is 6.60. The molecule has 1 aromatic rings. The normalized spacial score (nSPS) is 14.6. The lowest BCUT2D eigenvalue weighted by atomic mass is 10.1. The van der Waals surface area contributed by atoms with Gasteiger partial charge in [0.2, 0.25) is 5.91 Å². The molecule has 1 aromatic carbocycles. The van der Waals surface area contributed by atoms with E-state index in [9.17, 15) is 14.4 Å². The summed E-state index contributed by atoms with van der Waals surface area (Å²) in [6.07, 6.45) is 4.12. The van der Waals surface area contributed by atoms with Crippen molar-refractivity contribution >= 4 is 23.5 Å². The van der Waals surface area contributed by atoms with Crippen molar-refractivity contribution in [3.8, 4) is 0 Å². The van der Waals surface area contributed by atoms with Gasteiger partial charge >= 0.3 is 6.03 Å². The average molecular weight is 360 g/mol. The van der Waals surface area contributed by atoms with E-state index in [2.05, 4.69) is 21.3 Å². The first-order valence-corrected chi connectivity index (χ1v) is 9.00. The molecule has 0 aliphatic heterocycles. The number of urea groups is 1. The summed E-state index contributed by atoms with van der Waals surface area (Å²) in [6.45, 7) is 5.60. The molecule has 0 heterocycles. The van der Waals surface area contributed by atoms with Crippen LogP contribution in [0.5, 0.6) is 0 Å². The molecule has 0 radical (unpaired) electrons. The topological polar surface area (TPSA) is 99.3 Å². The monoisotopic (exact) mass is 360 g/mol. The third-order valence-corrected chi connectivity index (χ3v) is 4.04. The van der Waals surface area contributed by atoms with Crippen molar-refractivity contribution in [1.82, 2.24) is 16.0 Å². The van der Waals surface area contributed by atoms with Gasteiger partial charge in [0.25, 0.3) is 5.91 Å². The first kappa shape index (κ1) is 19.8. The molecule has 0 unspecified atom stereocenters. The number of amides is 4. The van der Waals surface area contributed by atoms with Crippen LogP contribution in [0.4, 0.5) is 10.5 Å². The zero-order chi connectivity index (χ0) is 19.2. The summed E-state index contributed by atoms with van der Waals surface area (Å²) < 4.78 is 0. The van der Waals surface area contributed by atoms with E-state index in [0.29, 0.717) is 11.3 Å². The number of carbonyl (C=O) groups excluding carboxylic acids is 3. The predicted octanol–water partition coefficient (Wildman–Crippen LogP) is 2.40. The van der Waals surface area contributed by atoms with Gasteiger partial charge in [0, 0.05) is 17.3 Å². The number of hydrogen-bond acceptors (Lipinski definition) is 4. The maximum absolute atomic E-state index is 12.4. The van der Waals surface area contributed by atoms with Crippen LogP contribution in [0.2, 0.25) is 0 Å². The lowest BCUT2D eigenvalue weighted by Gasteiger charge is -2.21. The van der Waals surface area contributed by atoms with Gasteiger partial charge in [-0.25, -0.2) is 4.79 Å². The van der Waals surface area contributed by atoms with Crippen molar-refractivity contribution in [3.63, 3.8) is 0 Å². The summed E-state index contributed by atoms with van der Waals surface area (Å²) in [5, 5.41) is 10.9. The van der Waals surface area contributed by atoms with Gasteiger partial charge in [-0.1, -0.05) is 25.0 Å². The van der Waals surface area contributed by atoms with Gasteiger partial charge in [-0.15, -0.1) is 0 Å². The van der Waals surface area contributed by atoms with Crippen molar-refractivity contribution in [2.24, 2.45) is 0 Å². The van der Waals surface area contributed by atoms with Crippen molar-refractivity contribution in [2.75, 3.05) is 11.9 Å². The first-order valence-electron chi connectivity index (χ1n) is 9.00. The lowest BCUT2D eigenvalue weighted by molar-refractivity contribution is -0.118. The predicted molar refractivity (Wildman–Crippen MR) is 101 cm³/mol. The third-order valence-electron chi connectivity index (χ3n) is 4.04. The molecule has 0 atom stereocenters. The highest BCUT2D eigenvalue weighted by atomic mass is 16.2. The fourth-order valence-electron chi connectivity index (χ4n) is 2.88. The van der Waals surface area contributed by atoms with E-state index in [-0.39, 0.29) is 24.0 Å². The number of nitrogens with one attached hydrogen (secondary N) is 4. The van der Waals surface area contributed by atoms with Crippen LogP contribution < -0.4 is 21.3 Å². The van der Waals surface area contributed by atoms with Crippen LogP contribution in [0.1, 0.15) is 56.8 Å². The fraction of sp³-hybridized carbons (Fsp3) is 0.526. The van der Waals surface area contributed by atoms with Crippen molar-refractivity contribution < 1.29 is 14.4 Å². The SMILES string of the molecule is CC(C)(C)NC(=O)c1ccccc1NCC(=O)NC(=O)NC1CCCC1. The molecule has 0 bridgehead atoms. The minimum atomic E-state index is -0.470. The van der Waals surface area contributed by atoms with E-state index in [1.54, 1.807) is 24.3 Å². The summed E-state index contributed by atoms with van der Waals surface area (Å²) in [4.78, 5) is 36.2. The Balaban J connectivity index is 1.87. The number of benzene rings is 1. The van der Waals surface area contributed by atoms with Crippen molar-refractivity contribution in [3.05, 3.63) is 29.8 Å². The van der Waals surface area contributed by atoms with Crippen molar-refractivity contribution in [2.45, 2.75) is 58.0 Å². The highest BCUT2D eigenvalue weighted by Crippen LogP contribution is 2.17. The zero-order valence-corrected chi connectivity index (χ0v) is 15.6. The summed E-state index contributed by atoms with van der Waals surface area (Å²) in [6, 6.07) is 6.64. The standard InChI is InChI=1S/C19H28N4O3/c1-19(2,3)23-17(25)14-10-6-7-11-15(14)20-12-16(24)22-18(26)21-13-8-4-5-9-13/h6-7,10-11,13,20H,4-5,8-9,12H2,1-3H3,(H,23,25)(H2,21,22,24,26). The van der Waals surface area contributed by atoms with Gasteiger partial charge in [-0.3, -0.25) is 14.9 Å². The molecule has 1 saturated carbocycles. The Hall–Kier alpha value is -2.57. The van der Waals surface area contributed by atoms with E-state index in [4.69, 9.17) is 0 Å². The maximum Gasteiger partial charge on any atom is 0.321 e. The summed E-state index contributed by atoms with van der Waals surface area (Å²) in [5.74, 6) is -0.675. The molecule has 0 saturated heterocycles. The minimum absolute atomic E-state index is 0.0993. The minimum Gasteiger partial charge on any atom is -0.375 e. The van der Waals surface area contributed by atoms with Gasteiger partial charge in [0.15, 0.2) is 0 Å². The molecule has 7 nitrogen and oxygen atoms in total. The fourth-order valence-corrected chi connectivity index (χ4v) is 2.88. The van der Waals surface area contributed by atoms with Gasteiger partial charge in [0.1, 0.15) is 0 Å². The Morgan fingerprint density at radius 3 is 2.38 bits per heavy atom. The van der Waals surface area contributed by atoms with Crippen LogP contribution in [-0.2, 0) is 4.79 Å². The molecule has 0 spiro atoms. The lowest BCUT2D eigenvalue weighted by Crippen LogP contribution is -2.45. The van der Waals surface area contributed by atoms with Crippen molar-refractivity contribution in [1.29, 1.82) is 0 Å². The summed E-state index contributed by atoms with van der Waals surface area (Å²) >= 11 is 0. The second-order valence-electron chi connectivity index (χ2n) is 7.61. The van der Waals surface area contributed by atoms with E-state index >= 15 is 0 Å². The van der Waals surface area contributed by atoms with Crippen LogP contribution in [0.25, 0.3) is 0 Å².